The maximum atomic E-state index is 8.52. The van der Waals surface area contributed by atoms with Crippen LogP contribution in [0, 0.1) is 0 Å². The van der Waals surface area contributed by atoms with Crippen molar-refractivity contribution in [2.24, 2.45) is 0 Å². The second kappa shape index (κ2) is 51.7. The number of rotatable bonds is 0. The second-order valence-electron chi connectivity index (χ2n) is 0.408. The van der Waals surface area contributed by atoms with Gasteiger partial charge in [-0.25, -0.2) is 0 Å². The Morgan fingerprint density at radius 3 is 0.571 bits per heavy atom. The average molecular weight is 296 g/mol. The molecule has 0 aromatic rings. The van der Waals surface area contributed by atoms with Gasteiger partial charge >= 0.3 is 17.1 Å². The molecule has 0 radical (unpaired) electrons. The maximum Gasteiger partial charge on any atom is 2.00 e. The molecule has 102 valence electrons. The van der Waals surface area contributed by atoms with Crippen molar-refractivity contribution in [3.8, 4) is 0 Å². The molecule has 0 rings (SSSR count). The van der Waals surface area contributed by atoms with E-state index in [0.29, 0.717) is 0 Å². The van der Waals surface area contributed by atoms with Crippen molar-refractivity contribution in [3.63, 3.8) is 0 Å². The van der Waals surface area contributed by atoms with Crippen LogP contribution in [0.15, 0.2) is 0 Å². The van der Waals surface area contributed by atoms with Gasteiger partial charge in [-0.3, -0.25) is 8.42 Å². The van der Waals surface area contributed by atoms with Crippen molar-refractivity contribution in [1.29, 1.82) is 0 Å². The van der Waals surface area contributed by atoms with Crippen molar-refractivity contribution in [2.45, 2.75) is 0 Å². The first-order chi connectivity index (χ1) is 2.00. The van der Waals surface area contributed by atoms with E-state index < -0.39 is 10.4 Å². The van der Waals surface area contributed by atoms with Crippen molar-refractivity contribution >= 4 is 10.4 Å². The van der Waals surface area contributed by atoms with Gasteiger partial charge in [0, 0.05) is 10.4 Å². The summed E-state index contributed by atoms with van der Waals surface area (Å²) in [5.41, 5.74) is 0. The fourth-order valence-electron chi connectivity index (χ4n) is 0. The largest absolute Gasteiger partial charge is 2.00 e. The Hall–Kier alpha value is 0.0695. The molecule has 0 aromatic heterocycles. The molecular weight excluding hydrogens is 280 g/mol. The minimum Gasteiger partial charge on any atom is -0.759 e. The van der Waals surface area contributed by atoms with Crippen LogP contribution in [-0.4, -0.2) is 61.3 Å². The molecule has 0 atom stereocenters. The van der Waals surface area contributed by atoms with E-state index in [1.165, 1.54) is 0 Å². The number of hydrogen-bond acceptors (Lipinski definition) is 4. The minimum absolute atomic E-state index is 0. The van der Waals surface area contributed by atoms with Gasteiger partial charge in [-0.1, -0.05) is 0 Å². The summed E-state index contributed by atoms with van der Waals surface area (Å²) in [6, 6.07) is 0. The zero-order valence-electron chi connectivity index (χ0n) is 6.39. The summed E-state index contributed by atoms with van der Waals surface area (Å²) in [6.45, 7) is 0. The van der Waals surface area contributed by atoms with Crippen molar-refractivity contribution < 1.29 is 78.4 Å². The van der Waals surface area contributed by atoms with Crippen LogP contribution in [0.1, 0.15) is 0 Å². The van der Waals surface area contributed by atoms with E-state index in [1.807, 2.05) is 0 Å². The molecule has 0 unspecified atom stereocenters. The Morgan fingerprint density at radius 2 is 0.571 bits per heavy atom. The average Bonchev–Trinajstić information content (AvgIpc) is 0.722. The summed E-state index contributed by atoms with van der Waals surface area (Å²) >= 11 is 0. The third kappa shape index (κ3) is 306000. The Bertz CT molecular complexity index is 93.5. The first-order valence-corrected chi connectivity index (χ1v) is 2.00. The molecule has 0 heterocycles. The van der Waals surface area contributed by atoms with Crippen LogP contribution in [0.3, 0.4) is 0 Å². The maximum absolute atomic E-state index is 8.52. The Balaban J connectivity index is -0.00000000222. The SMILES string of the molecule is O.O.O.O.O.O.O.O.O=S(=O)([O-])[O-].[Fe+2]. The van der Waals surface area contributed by atoms with Gasteiger partial charge in [0.2, 0.25) is 0 Å². The molecule has 14 heteroatoms. The van der Waals surface area contributed by atoms with Crippen LogP contribution >= 0.6 is 0 Å². The molecule has 12 nitrogen and oxygen atoms in total. The molecule has 0 spiro atoms. The van der Waals surface area contributed by atoms with Crippen molar-refractivity contribution in [2.75, 3.05) is 0 Å². The molecule has 0 aromatic carbocycles. The van der Waals surface area contributed by atoms with Gasteiger partial charge < -0.3 is 52.9 Å². The zero-order valence-corrected chi connectivity index (χ0v) is 8.32. The third-order valence-electron chi connectivity index (χ3n) is 0. The fourth-order valence-corrected chi connectivity index (χ4v) is 0. The number of hydrogen-bond donors (Lipinski definition) is 0. The van der Waals surface area contributed by atoms with E-state index >= 15 is 0 Å². The Morgan fingerprint density at radius 1 is 0.571 bits per heavy atom. The first-order valence-electron chi connectivity index (χ1n) is 0.667. The van der Waals surface area contributed by atoms with E-state index in [1.54, 1.807) is 0 Å². The van der Waals surface area contributed by atoms with Gasteiger partial charge in [0.15, 0.2) is 0 Å². The summed E-state index contributed by atoms with van der Waals surface area (Å²) < 4.78 is 34.1. The van der Waals surface area contributed by atoms with Gasteiger partial charge in [0.05, 0.1) is 0 Å². The second-order valence-corrected chi connectivity index (χ2v) is 1.22. The quantitative estimate of drug-likeness (QED) is 0.238. The molecule has 0 aliphatic heterocycles. The molecule has 0 bridgehead atoms. The summed E-state index contributed by atoms with van der Waals surface area (Å²) in [5, 5.41) is 0. The fraction of sp³-hybridized carbons (Fsp3) is 0. The van der Waals surface area contributed by atoms with E-state index in [0.717, 1.165) is 0 Å². The predicted molar refractivity (Wildman–Crippen MR) is 39.4 cm³/mol. The van der Waals surface area contributed by atoms with Crippen LogP contribution in [-0.2, 0) is 27.5 Å². The molecule has 0 amide bonds. The summed E-state index contributed by atoms with van der Waals surface area (Å²) in [4.78, 5) is 0. The van der Waals surface area contributed by atoms with E-state index in [4.69, 9.17) is 17.5 Å². The molecule has 0 aliphatic carbocycles. The third-order valence-corrected chi connectivity index (χ3v) is 0. The van der Waals surface area contributed by atoms with Gasteiger partial charge in [-0.2, -0.15) is 0 Å². The Kier molecular flexibility index (Phi) is 536. The summed E-state index contributed by atoms with van der Waals surface area (Å²) in [5.74, 6) is 0. The molecule has 0 fully saturated rings. The molecule has 16 N–H and O–H groups in total. The predicted octanol–water partition coefficient (Wildman–Crippen LogP) is -7.94. The summed E-state index contributed by atoms with van der Waals surface area (Å²) in [6.07, 6.45) is 0. The van der Waals surface area contributed by atoms with Crippen LogP contribution in [0.4, 0.5) is 0 Å². The topological polar surface area (TPSA) is 332 Å². The molecular formula is H16FeO12S. The van der Waals surface area contributed by atoms with Crippen LogP contribution in [0.25, 0.3) is 0 Å². The monoisotopic (exact) mass is 296 g/mol. The van der Waals surface area contributed by atoms with Gasteiger partial charge in [-0.05, 0) is 0 Å². The Labute approximate surface area is 89.4 Å². The standard InChI is InChI=1S/Fe.H2O4S.8H2O/c;1-5(2,3)4;;;;;;;;/h;(H2,1,2,3,4);8*1H2/q+2;;;;;;;;;/p-2. The minimum atomic E-state index is -5.17. The van der Waals surface area contributed by atoms with E-state index in [9.17, 15) is 0 Å². The van der Waals surface area contributed by atoms with Crippen molar-refractivity contribution in [3.05, 3.63) is 0 Å². The van der Waals surface area contributed by atoms with E-state index in [-0.39, 0.29) is 60.9 Å². The molecule has 0 saturated carbocycles. The summed E-state index contributed by atoms with van der Waals surface area (Å²) in [7, 11) is -5.17. The van der Waals surface area contributed by atoms with Crippen molar-refractivity contribution in [1.82, 2.24) is 0 Å². The van der Waals surface area contributed by atoms with Crippen LogP contribution in [0.2, 0.25) is 0 Å². The normalized spacial score (nSPS) is 4.14. The van der Waals surface area contributed by atoms with Crippen LogP contribution in [0.5, 0.6) is 0 Å². The first kappa shape index (κ1) is 145. The van der Waals surface area contributed by atoms with Crippen LogP contribution < -0.4 is 0 Å². The van der Waals surface area contributed by atoms with Gasteiger partial charge in [0.1, 0.15) is 0 Å². The molecule has 0 aliphatic rings. The van der Waals surface area contributed by atoms with E-state index in [2.05, 4.69) is 0 Å². The smallest absolute Gasteiger partial charge is 0.759 e. The molecule has 0 saturated heterocycles. The zero-order chi connectivity index (χ0) is 4.50. The van der Waals surface area contributed by atoms with Gasteiger partial charge in [-0.15, -0.1) is 0 Å². The van der Waals surface area contributed by atoms with Gasteiger partial charge in [0.25, 0.3) is 0 Å². The molecule has 14 heavy (non-hydrogen) atoms.